The smallest absolute Gasteiger partial charge is 0.246 e. The third-order valence-corrected chi connectivity index (χ3v) is 4.58. The Morgan fingerprint density at radius 2 is 1.73 bits per heavy atom. The lowest BCUT2D eigenvalue weighted by Crippen LogP contribution is -2.42. The summed E-state index contributed by atoms with van der Waals surface area (Å²) in [7, 11) is 0. The lowest BCUT2D eigenvalue weighted by molar-refractivity contribution is -0.127. The summed E-state index contributed by atoms with van der Waals surface area (Å²) in [5, 5.41) is 5.84. The molecule has 7 heteroatoms. The molecule has 1 saturated carbocycles. The van der Waals surface area contributed by atoms with Gasteiger partial charge in [0.15, 0.2) is 0 Å². The van der Waals surface area contributed by atoms with Crippen LogP contribution in [0.4, 0.5) is 0 Å². The lowest BCUT2D eigenvalue weighted by Gasteiger charge is -2.28. The van der Waals surface area contributed by atoms with Crippen LogP contribution in [0.1, 0.15) is 52.9 Å². The summed E-state index contributed by atoms with van der Waals surface area (Å²) in [6.07, 6.45) is 3.59. The highest BCUT2D eigenvalue weighted by atomic mass is 16.5. The Balaban J connectivity index is 2.09. The van der Waals surface area contributed by atoms with Crippen LogP contribution in [0.15, 0.2) is 0 Å². The number of rotatable bonds is 12. The number of carbonyl (C=O) groups is 3. The van der Waals surface area contributed by atoms with Crippen LogP contribution in [0.3, 0.4) is 0 Å². The fourth-order valence-corrected chi connectivity index (χ4v) is 2.92. The van der Waals surface area contributed by atoms with E-state index in [1.54, 1.807) is 0 Å². The van der Waals surface area contributed by atoms with E-state index in [9.17, 15) is 14.4 Å². The van der Waals surface area contributed by atoms with E-state index >= 15 is 0 Å². The van der Waals surface area contributed by atoms with Crippen LogP contribution in [0.2, 0.25) is 0 Å². The number of carbonyl (C=O) groups excluding carboxylic acids is 3. The van der Waals surface area contributed by atoms with Crippen LogP contribution >= 0.6 is 0 Å². The number of ketones is 1. The van der Waals surface area contributed by atoms with Gasteiger partial charge in [-0.2, -0.15) is 0 Å². The second kappa shape index (κ2) is 12.8. The fourth-order valence-electron chi connectivity index (χ4n) is 2.92. The molecule has 1 aliphatic rings. The Bertz CT molecular complexity index is 445. The van der Waals surface area contributed by atoms with Gasteiger partial charge in [-0.25, -0.2) is 0 Å². The van der Waals surface area contributed by atoms with Gasteiger partial charge < -0.3 is 20.1 Å². The minimum Gasteiger partial charge on any atom is -0.379 e. The van der Waals surface area contributed by atoms with Crippen LogP contribution in [0.5, 0.6) is 0 Å². The highest BCUT2D eigenvalue weighted by Gasteiger charge is 2.26. The topological polar surface area (TPSA) is 93.7 Å². The molecule has 2 N–H and O–H groups in total. The molecule has 0 unspecified atom stereocenters. The SMILES string of the molecule is CCOCC(=O)N[C@H]1CC[C@@H](C(=O)NCCOCCC(=O)C(C)C)CC1. The molecule has 0 aromatic carbocycles. The van der Waals surface area contributed by atoms with Gasteiger partial charge in [0.25, 0.3) is 0 Å². The average Bonchev–Trinajstić information content (AvgIpc) is 2.62. The van der Waals surface area contributed by atoms with Crippen molar-refractivity contribution in [3.05, 3.63) is 0 Å². The zero-order valence-corrected chi connectivity index (χ0v) is 16.3. The second-order valence-electron chi connectivity index (χ2n) is 7.03. The van der Waals surface area contributed by atoms with Gasteiger partial charge in [0.1, 0.15) is 12.4 Å². The molecule has 0 atom stereocenters. The van der Waals surface area contributed by atoms with E-state index in [1.165, 1.54) is 0 Å². The minimum atomic E-state index is -0.0900. The Hall–Kier alpha value is -1.47. The predicted octanol–water partition coefficient (Wildman–Crippen LogP) is 1.45. The summed E-state index contributed by atoms with van der Waals surface area (Å²) in [6.45, 7) is 7.51. The number of ether oxygens (including phenoxy) is 2. The van der Waals surface area contributed by atoms with Crippen molar-refractivity contribution < 1.29 is 23.9 Å². The Kier molecular flexibility index (Phi) is 11.1. The molecule has 150 valence electrons. The summed E-state index contributed by atoms with van der Waals surface area (Å²) in [6, 6.07) is 0.133. The van der Waals surface area contributed by atoms with Crippen LogP contribution in [0.25, 0.3) is 0 Å². The van der Waals surface area contributed by atoms with Crippen molar-refractivity contribution >= 4 is 17.6 Å². The molecule has 1 aliphatic carbocycles. The third kappa shape index (κ3) is 9.29. The number of nitrogens with one attached hydrogen (secondary N) is 2. The van der Waals surface area contributed by atoms with E-state index in [2.05, 4.69) is 10.6 Å². The lowest BCUT2D eigenvalue weighted by atomic mass is 9.85. The predicted molar refractivity (Wildman–Crippen MR) is 98.7 cm³/mol. The standard InChI is InChI=1S/C19H34N2O5/c1-4-25-13-18(23)21-16-7-5-15(6-8-16)19(24)20-10-12-26-11-9-17(22)14(2)3/h14-16H,4-13H2,1-3H3,(H,20,24)(H,21,23)/t15-,16+. The molecule has 0 heterocycles. The largest absolute Gasteiger partial charge is 0.379 e. The van der Waals surface area contributed by atoms with Crippen molar-refractivity contribution in [3.63, 3.8) is 0 Å². The first-order valence-corrected chi connectivity index (χ1v) is 9.69. The van der Waals surface area contributed by atoms with Crippen LogP contribution in [-0.4, -0.2) is 56.6 Å². The maximum absolute atomic E-state index is 12.2. The molecular formula is C19H34N2O5. The number of hydrogen-bond donors (Lipinski definition) is 2. The van der Waals surface area contributed by atoms with Gasteiger partial charge in [0, 0.05) is 37.5 Å². The first-order chi connectivity index (χ1) is 12.4. The van der Waals surface area contributed by atoms with Crippen molar-refractivity contribution in [2.24, 2.45) is 11.8 Å². The molecule has 0 aromatic rings. The molecule has 7 nitrogen and oxygen atoms in total. The molecule has 0 radical (unpaired) electrons. The number of hydrogen-bond acceptors (Lipinski definition) is 5. The number of amides is 2. The molecule has 0 bridgehead atoms. The van der Waals surface area contributed by atoms with E-state index in [0.29, 0.717) is 32.8 Å². The van der Waals surface area contributed by atoms with Crippen molar-refractivity contribution in [3.8, 4) is 0 Å². The van der Waals surface area contributed by atoms with Gasteiger partial charge in [0.2, 0.25) is 11.8 Å². The second-order valence-corrected chi connectivity index (χ2v) is 7.03. The zero-order valence-electron chi connectivity index (χ0n) is 16.3. The number of Topliss-reactive ketones (excluding diaryl/α,β-unsaturated/α-hetero) is 1. The minimum absolute atomic E-state index is 0.00226. The maximum Gasteiger partial charge on any atom is 0.246 e. The summed E-state index contributed by atoms with van der Waals surface area (Å²) < 4.78 is 10.5. The first-order valence-electron chi connectivity index (χ1n) is 9.69. The quantitative estimate of drug-likeness (QED) is 0.507. The van der Waals surface area contributed by atoms with Gasteiger partial charge >= 0.3 is 0 Å². The molecule has 26 heavy (non-hydrogen) atoms. The van der Waals surface area contributed by atoms with Crippen molar-refractivity contribution in [2.75, 3.05) is 33.0 Å². The third-order valence-electron chi connectivity index (χ3n) is 4.58. The van der Waals surface area contributed by atoms with E-state index in [1.807, 2.05) is 20.8 Å². The highest BCUT2D eigenvalue weighted by molar-refractivity contribution is 5.80. The molecule has 1 fully saturated rings. The van der Waals surface area contributed by atoms with Crippen molar-refractivity contribution in [1.29, 1.82) is 0 Å². The highest BCUT2D eigenvalue weighted by Crippen LogP contribution is 2.24. The Morgan fingerprint density at radius 1 is 1.04 bits per heavy atom. The Morgan fingerprint density at radius 3 is 2.35 bits per heavy atom. The van der Waals surface area contributed by atoms with E-state index in [-0.39, 0.29) is 42.1 Å². The monoisotopic (exact) mass is 370 g/mol. The molecule has 2 amide bonds. The molecule has 1 rings (SSSR count). The normalized spacial score (nSPS) is 20.0. The van der Waals surface area contributed by atoms with Gasteiger partial charge in [-0.1, -0.05) is 13.8 Å². The molecule has 0 aliphatic heterocycles. The van der Waals surface area contributed by atoms with Crippen LogP contribution in [0, 0.1) is 11.8 Å². The molecule has 0 saturated heterocycles. The van der Waals surface area contributed by atoms with Gasteiger partial charge in [-0.05, 0) is 32.6 Å². The van der Waals surface area contributed by atoms with Crippen LogP contribution < -0.4 is 10.6 Å². The first kappa shape index (κ1) is 22.6. The zero-order chi connectivity index (χ0) is 19.4. The van der Waals surface area contributed by atoms with Crippen LogP contribution in [-0.2, 0) is 23.9 Å². The summed E-state index contributed by atoms with van der Waals surface area (Å²) in [5.74, 6) is 0.188. The summed E-state index contributed by atoms with van der Waals surface area (Å²) >= 11 is 0. The average molecular weight is 370 g/mol. The maximum atomic E-state index is 12.2. The Labute approximate surface area is 156 Å². The van der Waals surface area contributed by atoms with Crippen molar-refractivity contribution in [1.82, 2.24) is 10.6 Å². The van der Waals surface area contributed by atoms with E-state index in [0.717, 1.165) is 25.7 Å². The molecule has 0 aromatic heterocycles. The van der Waals surface area contributed by atoms with Gasteiger partial charge in [-0.3, -0.25) is 14.4 Å². The van der Waals surface area contributed by atoms with Crippen molar-refractivity contribution in [2.45, 2.75) is 58.9 Å². The van der Waals surface area contributed by atoms with E-state index in [4.69, 9.17) is 9.47 Å². The fraction of sp³-hybridized carbons (Fsp3) is 0.842. The van der Waals surface area contributed by atoms with Gasteiger partial charge in [0.05, 0.1) is 13.2 Å². The molecule has 0 spiro atoms. The summed E-state index contributed by atoms with van der Waals surface area (Å²) in [5.41, 5.74) is 0. The van der Waals surface area contributed by atoms with E-state index < -0.39 is 0 Å². The summed E-state index contributed by atoms with van der Waals surface area (Å²) in [4.78, 5) is 35.3. The molecular weight excluding hydrogens is 336 g/mol. The van der Waals surface area contributed by atoms with Gasteiger partial charge in [-0.15, -0.1) is 0 Å².